The van der Waals surface area contributed by atoms with Crippen molar-refractivity contribution < 1.29 is 4.74 Å². The standard InChI is InChI=1S/C12H20N2O/c1-9-11(10-5-6-14(4)7-10)15-8-12(2,3)13-9/h5-7,9,11,13H,8H2,1-4H3. The molecule has 0 radical (unpaired) electrons. The Morgan fingerprint density at radius 1 is 1.53 bits per heavy atom. The number of aryl methyl sites for hydroxylation is 1. The summed E-state index contributed by atoms with van der Waals surface area (Å²) < 4.78 is 7.99. The van der Waals surface area contributed by atoms with Gasteiger partial charge < -0.3 is 14.6 Å². The highest BCUT2D eigenvalue weighted by atomic mass is 16.5. The molecule has 3 heteroatoms. The van der Waals surface area contributed by atoms with Gasteiger partial charge in [0.05, 0.1) is 12.7 Å². The SMILES string of the molecule is CC1NC(C)(C)COC1c1ccn(C)c1. The zero-order valence-corrected chi connectivity index (χ0v) is 9.95. The molecule has 0 saturated carbocycles. The van der Waals surface area contributed by atoms with E-state index in [9.17, 15) is 0 Å². The summed E-state index contributed by atoms with van der Waals surface area (Å²) in [5.74, 6) is 0. The van der Waals surface area contributed by atoms with E-state index in [1.807, 2.05) is 7.05 Å². The van der Waals surface area contributed by atoms with Crippen LogP contribution in [0, 0.1) is 0 Å². The minimum absolute atomic E-state index is 0.0880. The van der Waals surface area contributed by atoms with E-state index < -0.39 is 0 Å². The van der Waals surface area contributed by atoms with Crippen molar-refractivity contribution in [3.63, 3.8) is 0 Å². The number of morpholine rings is 1. The summed E-state index contributed by atoms with van der Waals surface area (Å²) in [5.41, 5.74) is 1.35. The molecule has 0 aromatic carbocycles. The minimum Gasteiger partial charge on any atom is -0.370 e. The van der Waals surface area contributed by atoms with Gasteiger partial charge in [0.1, 0.15) is 0 Å². The van der Waals surface area contributed by atoms with Crippen LogP contribution < -0.4 is 5.32 Å². The number of hydrogen-bond acceptors (Lipinski definition) is 2. The lowest BCUT2D eigenvalue weighted by atomic mass is 9.97. The number of rotatable bonds is 1. The molecule has 2 heterocycles. The van der Waals surface area contributed by atoms with Crippen molar-refractivity contribution in [2.45, 2.75) is 38.5 Å². The van der Waals surface area contributed by atoms with E-state index in [2.05, 4.69) is 49.1 Å². The molecule has 1 aliphatic heterocycles. The zero-order chi connectivity index (χ0) is 11.1. The highest BCUT2D eigenvalue weighted by Gasteiger charge is 2.33. The van der Waals surface area contributed by atoms with Crippen LogP contribution in [0.15, 0.2) is 18.5 Å². The third kappa shape index (κ3) is 2.24. The number of hydrogen-bond donors (Lipinski definition) is 1. The van der Waals surface area contributed by atoms with Crippen molar-refractivity contribution in [3.8, 4) is 0 Å². The predicted molar refractivity (Wildman–Crippen MR) is 60.8 cm³/mol. The van der Waals surface area contributed by atoms with Crippen LogP contribution in [0.2, 0.25) is 0 Å². The lowest BCUT2D eigenvalue weighted by Gasteiger charge is -2.40. The Kier molecular flexibility index (Phi) is 2.61. The van der Waals surface area contributed by atoms with Crippen LogP contribution >= 0.6 is 0 Å². The van der Waals surface area contributed by atoms with E-state index in [1.165, 1.54) is 5.56 Å². The van der Waals surface area contributed by atoms with Crippen LogP contribution in [0.3, 0.4) is 0 Å². The average molecular weight is 208 g/mol. The Morgan fingerprint density at radius 2 is 2.27 bits per heavy atom. The van der Waals surface area contributed by atoms with Gasteiger partial charge in [-0.3, -0.25) is 0 Å². The quantitative estimate of drug-likeness (QED) is 0.762. The van der Waals surface area contributed by atoms with Crippen LogP contribution in [0.4, 0.5) is 0 Å². The van der Waals surface area contributed by atoms with Gasteiger partial charge in [0, 0.05) is 31.0 Å². The molecule has 1 fully saturated rings. The zero-order valence-electron chi connectivity index (χ0n) is 9.95. The van der Waals surface area contributed by atoms with E-state index in [0.29, 0.717) is 6.04 Å². The summed E-state index contributed by atoms with van der Waals surface area (Å²) in [6.07, 6.45) is 4.37. The topological polar surface area (TPSA) is 26.2 Å². The van der Waals surface area contributed by atoms with Crippen LogP contribution in [0.25, 0.3) is 0 Å². The first-order chi connectivity index (χ1) is 6.98. The molecule has 1 aromatic rings. The number of nitrogens with one attached hydrogen (secondary N) is 1. The Morgan fingerprint density at radius 3 is 2.80 bits per heavy atom. The fraction of sp³-hybridized carbons (Fsp3) is 0.667. The third-order valence-corrected chi connectivity index (χ3v) is 2.88. The van der Waals surface area contributed by atoms with Crippen molar-refractivity contribution in [2.24, 2.45) is 7.05 Å². The van der Waals surface area contributed by atoms with Gasteiger partial charge in [-0.05, 0) is 32.4 Å². The lowest BCUT2D eigenvalue weighted by Crippen LogP contribution is -2.55. The van der Waals surface area contributed by atoms with Crippen molar-refractivity contribution in [1.29, 1.82) is 0 Å². The molecule has 2 unspecified atom stereocenters. The van der Waals surface area contributed by atoms with E-state index in [0.717, 1.165) is 6.61 Å². The number of ether oxygens (including phenoxy) is 1. The van der Waals surface area contributed by atoms with Crippen LogP contribution in [0.5, 0.6) is 0 Å². The first kappa shape index (κ1) is 10.7. The molecule has 3 nitrogen and oxygen atoms in total. The average Bonchev–Trinajstić information content (AvgIpc) is 2.50. The molecule has 2 atom stereocenters. The highest BCUT2D eigenvalue weighted by Crippen LogP contribution is 2.28. The summed E-state index contributed by atoms with van der Waals surface area (Å²) >= 11 is 0. The molecular formula is C12H20N2O. The van der Waals surface area contributed by atoms with Gasteiger partial charge >= 0.3 is 0 Å². The summed E-state index contributed by atoms with van der Waals surface area (Å²) in [6, 6.07) is 2.48. The molecule has 15 heavy (non-hydrogen) atoms. The van der Waals surface area contributed by atoms with Crippen molar-refractivity contribution >= 4 is 0 Å². The lowest BCUT2D eigenvalue weighted by molar-refractivity contribution is -0.0495. The second kappa shape index (κ2) is 3.65. The van der Waals surface area contributed by atoms with E-state index >= 15 is 0 Å². The minimum atomic E-state index is 0.0880. The molecule has 0 spiro atoms. The fourth-order valence-electron chi connectivity index (χ4n) is 2.25. The van der Waals surface area contributed by atoms with Gasteiger partial charge in [-0.15, -0.1) is 0 Å². The Balaban J connectivity index is 2.12. The largest absolute Gasteiger partial charge is 0.370 e. The van der Waals surface area contributed by atoms with Crippen LogP contribution in [-0.2, 0) is 11.8 Å². The van der Waals surface area contributed by atoms with E-state index in [-0.39, 0.29) is 11.6 Å². The van der Waals surface area contributed by atoms with Crippen LogP contribution in [0.1, 0.15) is 32.4 Å². The van der Waals surface area contributed by atoms with Crippen LogP contribution in [-0.4, -0.2) is 22.8 Å². The second-order valence-corrected chi connectivity index (χ2v) is 5.16. The van der Waals surface area contributed by atoms with E-state index in [1.54, 1.807) is 0 Å². The molecule has 0 amide bonds. The highest BCUT2D eigenvalue weighted by molar-refractivity contribution is 5.16. The molecular weight excluding hydrogens is 188 g/mol. The molecule has 0 aliphatic carbocycles. The smallest absolute Gasteiger partial charge is 0.0990 e. The monoisotopic (exact) mass is 208 g/mol. The molecule has 2 rings (SSSR count). The van der Waals surface area contributed by atoms with Gasteiger partial charge in [0.25, 0.3) is 0 Å². The number of aromatic nitrogens is 1. The maximum Gasteiger partial charge on any atom is 0.0990 e. The van der Waals surface area contributed by atoms with Crippen molar-refractivity contribution in [1.82, 2.24) is 9.88 Å². The van der Waals surface area contributed by atoms with E-state index in [4.69, 9.17) is 4.74 Å². The molecule has 1 N–H and O–H groups in total. The maximum atomic E-state index is 5.93. The van der Waals surface area contributed by atoms with Crippen molar-refractivity contribution in [3.05, 3.63) is 24.0 Å². The normalized spacial score (nSPS) is 30.4. The Labute approximate surface area is 91.4 Å². The summed E-state index contributed by atoms with van der Waals surface area (Å²) in [4.78, 5) is 0. The molecule has 1 saturated heterocycles. The van der Waals surface area contributed by atoms with Gasteiger partial charge in [0.2, 0.25) is 0 Å². The van der Waals surface area contributed by atoms with Gasteiger partial charge in [-0.25, -0.2) is 0 Å². The first-order valence-electron chi connectivity index (χ1n) is 5.49. The summed E-state index contributed by atoms with van der Waals surface area (Å²) in [7, 11) is 2.04. The second-order valence-electron chi connectivity index (χ2n) is 5.16. The maximum absolute atomic E-state index is 5.93. The van der Waals surface area contributed by atoms with Gasteiger partial charge in [-0.1, -0.05) is 0 Å². The molecule has 0 bridgehead atoms. The third-order valence-electron chi connectivity index (χ3n) is 2.88. The number of nitrogens with zero attached hydrogens (tertiary/aromatic N) is 1. The molecule has 1 aromatic heterocycles. The predicted octanol–water partition coefficient (Wildman–Crippen LogP) is 1.85. The Bertz CT molecular complexity index is 343. The van der Waals surface area contributed by atoms with Gasteiger partial charge in [-0.2, -0.15) is 0 Å². The summed E-state index contributed by atoms with van der Waals surface area (Å²) in [5, 5.41) is 3.58. The molecule has 84 valence electrons. The van der Waals surface area contributed by atoms with Gasteiger partial charge in [0.15, 0.2) is 0 Å². The molecule has 1 aliphatic rings. The fourth-order valence-corrected chi connectivity index (χ4v) is 2.25. The first-order valence-corrected chi connectivity index (χ1v) is 5.49. The Hall–Kier alpha value is -0.800. The van der Waals surface area contributed by atoms with Crippen molar-refractivity contribution in [2.75, 3.05) is 6.61 Å². The summed E-state index contributed by atoms with van der Waals surface area (Å²) in [6.45, 7) is 7.28.